The Morgan fingerprint density at radius 1 is 1.36 bits per heavy atom. The van der Waals surface area contributed by atoms with Gasteiger partial charge in [-0.2, -0.15) is 0 Å². The van der Waals surface area contributed by atoms with Gasteiger partial charge in [-0.05, 0) is 25.5 Å². The van der Waals surface area contributed by atoms with E-state index < -0.39 is 0 Å². The lowest BCUT2D eigenvalue weighted by Gasteiger charge is -2.15. The van der Waals surface area contributed by atoms with Gasteiger partial charge in [0, 0.05) is 29.6 Å². The van der Waals surface area contributed by atoms with Gasteiger partial charge < -0.3 is 25.8 Å². The van der Waals surface area contributed by atoms with Gasteiger partial charge in [0.05, 0.1) is 24.3 Å². The highest BCUT2D eigenvalue weighted by Crippen LogP contribution is 2.30. The number of pyridine rings is 1. The average Bonchev–Trinajstić information content (AvgIpc) is 3.10. The molecule has 0 aliphatic rings. The summed E-state index contributed by atoms with van der Waals surface area (Å²) in [7, 11) is 0. The maximum Gasteiger partial charge on any atom is 0.267 e. The molecule has 25 heavy (non-hydrogen) atoms. The van der Waals surface area contributed by atoms with Crippen LogP contribution in [0.5, 0.6) is 0 Å². The van der Waals surface area contributed by atoms with Gasteiger partial charge in [-0.15, -0.1) is 0 Å². The van der Waals surface area contributed by atoms with Crippen molar-refractivity contribution in [3.8, 4) is 11.1 Å². The Morgan fingerprint density at radius 3 is 2.76 bits per heavy atom. The van der Waals surface area contributed by atoms with E-state index in [2.05, 4.69) is 20.6 Å². The van der Waals surface area contributed by atoms with E-state index in [1.807, 2.05) is 6.92 Å². The maximum atomic E-state index is 12.1. The van der Waals surface area contributed by atoms with Crippen LogP contribution < -0.4 is 10.6 Å². The van der Waals surface area contributed by atoms with Crippen LogP contribution in [0.15, 0.2) is 24.5 Å². The number of aromatic nitrogens is 2. The van der Waals surface area contributed by atoms with Crippen molar-refractivity contribution in [1.29, 1.82) is 0 Å². The van der Waals surface area contributed by atoms with Crippen molar-refractivity contribution in [3.63, 3.8) is 0 Å². The third-order valence-electron chi connectivity index (χ3n) is 3.81. The molecule has 2 aromatic rings. The second-order valence-electron chi connectivity index (χ2n) is 5.84. The molecule has 0 unspecified atom stereocenters. The van der Waals surface area contributed by atoms with E-state index in [-0.39, 0.29) is 31.2 Å². The van der Waals surface area contributed by atoms with Crippen LogP contribution >= 0.6 is 11.6 Å². The molecule has 0 bridgehead atoms. The summed E-state index contributed by atoms with van der Waals surface area (Å²) in [6.07, 6.45) is 3.98. The summed E-state index contributed by atoms with van der Waals surface area (Å²) in [6.45, 7) is 3.56. The highest BCUT2D eigenvalue weighted by Gasteiger charge is 2.14. The summed E-state index contributed by atoms with van der Waals surface area (Å²) < 4.78 is 0. The Labute approximate surface area is 151 Å². The molecule has 2 aromatic heterocycles. The standard InChI is InChI=1S/C17H23ClN4O3/c1-3-12(9-24)22-16-5-13(14(18)7-20-16)11-4-15(19-6-11)17(25)21-10(2)8-23/h4-7,10,12,19,23-24H,3,8-9H2,1-2H3,(H,20,22)(H,21,25)/t10-,12-/m0/s1. The predicted octanol–water partition coefficient (Wildman–Crippen LogP) is 2.02. The fourth-order valence-electron chi connectivity index (χ4n) is 2.25. The lowest BCUT2D eigenvalue weighted by molar-refractivity contribution is 0.0918. The van der Waals surface area contributed by atoms with Gasteiger partial charge in [0.25, 0.3) is 5.91 Å². The molecular formula is C17H23ClN4O3. The largest absolute Gasteiger partial charge is 0.394 e. The van der Waals surface area contributed by atoms with Crippen molar-refractivity contribution in [2.24, 2.45) is 0 Å². The average molecular weight is 367 g/mol. The summed E-state index contributed by atoms with van der Waals surface area (Å²) >= 11 is 6.24. The van der Waals surface area contributed by atoms with Gasteiger partial charge in [-0.1, -0.05) is 18.5 Å². The molecule has 0 aliphatic carbocycles. The van der Waals surface area contributed by atoms with E-state index in [0.29, 0.717) is 16.5 Å². The van der Waals surface area contributed by atoms with Crippen molar-refractivity contribution >= 4 is 23.3 Å². The van der Waals surface area contributed by atoms with Crippen LogP contribution in [-0.2, 0) is 0 Å². The molecular weight excluding hydrogens is 344 g/mol. The lowest BCUT2D eigenvalue weighted by atomic mass is 10.1. The third-order valence-corrected chi connectivity index (χ3v) is 4.11. The van der Waals surface area contributed by atoms with E-state index in [1.165, 1.54) is 6.20 Å². The number of hydrogen-bond acceptors (Lipinski definition) is 5. The molecule has 2 atom stereocenters. The normalized spacial score (nSPS) is 13.3. The molecule has 0 saturated carbocycles. The molecule has 1 amide bonds. The summed E-state index contributed by atoms with van der Waals surface area (Å²) in [5.74, 6) is 0.295. The van der Waals surface area contributed by atoms with Gasteiger partial charge in [-0.3, -0.25) is 4.79 Å². The molecule has 8 heteroatoms. The van der Waals surface area contributed by atoms with Gasteiger partial charge >= 0.3 is 0 Å². The molecule has 0 aliphatic heterocycles. The topological polar surface area (TPSA) is 110 Å². The third kappa shape index (κ3) is 4.94. The van der Waals surface area contributed by atoms with Crippen LogP contribution in [0.1, 0.15) is 30.8 Å². The van der Waals surface area contributed by atoms with Crippen molar-refractivity contribution in [2.45, 2.75) is 32.4 Å². The molecule has 0 radical (unpaired) electrons. The van der Waals surface area contributed by atoms with Gasteiger partial charge in [0.2, 0.25) is 0 Å². The predicted molar refractivity (Wildman–Crippen MR) is 97.8 cm³/mol. The Morgan fingerprint density at radius 2 is 2.12 bits per heavy atom. The number of aliphatic hydroxyl groups excluding tert-OH is 2. The molecule has 5 N–H and O–H groups in total. The van der Waals surface area contributed by atoms with E-state index in [0.717, 1.165) is 17.5 Å². The van der Waals surface area contributed by atoms with Crippen molar-refractivity contribution in [2.75, 3.05) is 18.5 Å². The second-order valence-corrected chi connectivity index (χ2v) is 6.25. The number of hydrogen-bond donors (Lipinski definition) is 5. The van der Waals surface area contributed by atoms with E-state index >= 15 is 0 Å². The Kier molecular flexibility index (Phi) is 6.81. The minimum atomic E-state index is -0.330. The number of carbonyl (C=O) groups is 1. The molecule has 0 fully saturated rings. The number of anilines is 1. The zero-order valence-electron chi connectivity index (χ0n) is 14.2. The van der Waals surface area contributed by atoms with Crippen molar-refractivity contribution in [3.05, 3.63) is 35.2 Å². The smallest absolute Gasteiger partial charge is 0.267 e. The van der Waals surface area contributed by atoms with Gasteiger partial charge in [0.15, 0.2) is 0 Å². The Balaban J connectivity index is 2.22. The van der Waals surface area contributed by atoms with Crippen molar-refractivity contribution < 1.29 is 15.0 Å². The maximum absolute atomic E-state index is 12.1. The number of H-pyrrole nitrogens is 1. The molecule has 0 saturated heterocycles. The first-order valence-corrected chi connectivity index (χ1v) is 8.49. The van der Waals surface area contributed by atoms with E-state index in [4.69, 9.17) is 16.7 Å². The van der Waals surface area contributed by atoms with Crippen LogP contribution in [0.4, 0.5) is 5.82 Å². The molecule has 2 heterocycles. The molecule has 136 valence electrons. The van der Waals surface area contributed by atoms with Gasteiger partial charge in [0.1, 0.15) is 11.5 Å². The van der Waals surface area contributed by atoms with Gasteiger partial charge in [-0.25, -0.2) is 4.98 Å². The van der Waals surface area contributed by atoms with Crippen molar-refractivity contribution in [1.82, 2.24) is 15.3 Å². The molecule has 0 spiro atoms. The number of nitrogens with zero attached hydrogens (tertiary/aromatic N) is 1. The highest BCUT2D eigenvalue weighted by atomic mass is 35.5. The number of aromatic amines is 1. The van der Waals surface area contributed by atoms with E-state index in [1.54, 1.807) is 25.3 Å². The SMILES string of the molecule is CC[C@@H](CO)Nc1cc(-c2c[nH]c(C(=O)N[C@@H](C)CO)c2)c(Cl)cn1. The minimum Gasteiger partial charge on any atom is -0.394 e. The summed E-state index contributed by atoms with van der Waals surface area (Å²) in [5.41, 5.74) is 1.84. The van der Waals surface area contributed by atoms with Crippen LogP contribution in [0, 0.1) is 0 Å². The minimum absolute atomic E-state index is 0.00759. The lowest BCUT2D eigenvalue weighted by Crippen LogP contribution is -2.35. The molecule has 0 aromatic carbocycles. The summed E-state index contributed by atoms with van der Waals surface area (Å²) in [6, 6.07) is 3.05. The number of rotatable bonds is 8. The Bertz CT molecular complexity index is 716. The summed E-state index contributed by atoms with van der Waals surface area (Å²) in [4.78, 5) is 19.2. The van der Waals surface area contributed by atoms with Crippen LogP contribution in [0.3, 0.4) is 0 Å². The zero-order chi connectivity index (χ0) is 18.4. The fraction of sp³-hybridized carbons (Fsp3) is 0.412. The monoisotopic (exact) mass is 366 g/mol. The summed E-state index contributed by atoms with van der Waals surface area (Å²) in [5, 5.41) is 24.6. The number of carbonyl (C=O) groups excluding carboxylic acids is 1. The van der Waals surface area contributed by atoms with Crippen LogP contribution in [-0.4, -0.2) is 51.4 Å². The van der Waals surface area contributed by atoms with Crippen LogP contribution in [0.2, 0.25) is 5.02 Å². The first-order valence-electron chi connectivity index (χ1n) is 8.11. The Hall–Kier alpha value is -2.09. The van der Waals surface area contributed by atoms with Crippen LogP contribution in [0.25, 0.3) is 11.1 Å². The number of nitrogens with one attached hydrogen (secondary N) is 3. The molecule has 2 rings (SSSR count). The second kappa shape index (κ2) is 8.84. The first kappa shape index (κ1) is 19.2. The van der Waals surface area contributed by atoms with E-state index in [9.17, 15) is 9.90 Å². The number of halogens is 1. The molecule has 7 nitrogen and oxygen atoms in total. The quantitative estimate of drug-likeness (QED) is 0.491. The fourth-order valence-corrected chi connectivity index (χ4v) is 2.47. The number of amides is 1. The first-order chi connectivity index (χ1) is 12.0. The zero-order valence-corrected chi connectivity index (χ0v) is 15.0. The number of aliphatic hydroxyl groups is 2. The highest BCUT2D eigenvalue weighted by molar-refractivity contribution is 6.33.